The lowest BCUT2D eigenvalue weighted by atomic mass is 9.71. The molecule has 0 aliphatic heterocycles. The van der Waals surface area contributed by atoms with E-state index in [2.05, 4.69) is 17.1 Å². The molecule has 1 aromatic heterocycles. The molecule has 1 fully saturated rings. The van der Waals surface area contributed by atoms with Crippen molar-refractivity contribution in [1.29, 1.82) is 0 Å². The van der Waals surface area contributed by atoms with Crippen LogP contribution in [0.25, 0.3) is 0 Å². The lowest BCUT2D eigenvalue weighted by molar-refractivity contribution is 0.257. The number of nitrogens with zero attached hydrogens (tertiary/aromatic N) is 1. The molecule has 0 saturated heterocycles. The molecule has 2 aliphatic rings. The lowest BCUT2D eigenvalue weighted by Gasteiger charge is -2.35. The predicted octanol–water partition coefficient (Wildman–Crippen LogP) is 3.02. The molecule has 2 nitrogen and oxygen atoms in total. The maximum atomic E-state index is 6.13. The molecule has 0 amide bonds. The van der Waals surface area contributed by atoms with Crippen molar-refractivity contribution in [3.63, 3.8) is 0 Å². The van der Waals surface area contributed by atoms with E-state index in [0.717, 1.165) is 5.92 Å². The van der Waals surface area contributed by atoms with Crippen LogP contribution in [0.15, 0.2) is 18.3 Å². The van der Waals surface area contributed by atoms with Crippen LogP contribution in [0.2, 0.25) is 0 Å². The maximum absolute atomic E-state index is 6.13. The molecule has 1 aromatic rings. The Kier molecular flexibility index (Phi) is 3.15. The Balaban J connectivity index is 1.84. The number of rotatable bonds is 1. The molecule has 1 saturated carbocycles. The van der Waals surface area contributed by atoms with Crippen LogP contribution < -0.4 is 5.73 Å². The summed E-state index contributed by atoms with van der Waals surface area (Å²) in [6.45, 7) is 0. The van der Waals surface area contributed by atoms with Gasteiger partial charge in [0, 0.05) is 23.9 Å². The Morgan fingerprint density at radius 3 is 3.00 bits per heavy atom. The highest BCUT2D eigenvalue weighted by molar-refractivity contribution is 5.26. The van der Waals surface area contributed by atoms with Crippen LogP contribution in [-0.2, 0) is 6.42 Å². The Labute approximate surface area is 104 Å². The summed E-state index contributed by atoms with van der Waals surface area (Å²) in [5.41, 5.74) is 9.01. The van der Waals surface area contributed by atoms with Gasteiger partial charge in [0.2, 0.25) is 0 Å². The van der Waals surface area contributed by atoms with Gasteiger partial charge in [0.15, 0.2) is 0 Å². The van der Waals surface area contributed by atoms with Crippen molar-refractivity contribution in [3.05, 3.63) is 29.6 Å². The number of aryl methyl sites for hydroxylation is 1. The number of aromatic nitrogens is 1. The van der Waals surface area contributed by atoms with E-state index >= 15 is 0 Å². The second-order valence-corrected chi connectivity index (χ2v) is 5.73. The van der Waals surface area contributed by atoms with Crippen LogP contribution >= 0.6 is 0 Å². The second-order valence-electron chi connectivity index (χ2n) is 5.73. The number of hydrogen-bond donors (Lipinski definition) is 1. The van der Waals surface area contributed by atoms with Crippen LogP contribution in [0, 0.1) is 5.92 Å². The normalized spacial score (nSPS) is 33.1. The summed E-state index contributed by atoms with van der Waals surface area (Å²) in [5.74, 6) is 1.47. The molecule has 17 heavy (non-hydrogen) atoms. The fraction of sp³-hybridized carbons (Fsp3) is 0.667. The van der Waals surface area contributed by atoms with Gasteiger partial charge in [-0.15, -0.1) is 0 Å². The summed E-state index contributed by atoms with van der Waals surface area (Å²) in [5, 5.41) is 0. The van der Waals surface area contributed by atoms with E-state index in [1.54, 1.807) is 0 Å². The van der Waals surface area contributed by atoms with Gasteiger partial charge in [-0.05, 0) is 56.1 Å². The maximum Gasteiger partial charge on any atom is 0.0469 e. The van der Waals surface area contributed by atoms with Crippen molar-refractivity contribution >= 4 is 0 Å². The summed E-state index contributed by atoms with van der Waals surface area (Å²) >= 11 is 0. The topological polar surface area (TPSA) is 38.9 Å². The third-order valence-electron chi connectivity index (χ3n) is 4.56. The van der Waals surface area contributed by atoms with E-state index in [0.29, 0.717) is 12.0 Å². The molecule has 2 N–H and O–H groups in total. The average molecular weight is 230 g/mol. The van der Waals surface area contributed by atoms with Gasteiger partial charge >= 0.3 is 0 Å². The van der Waals surface area contributed by atoms with Crippen LogP contribution in [0.3, 0.4) is 0 Å². The fourth-order valence-corrected chi connectivity index (χ4v) is 3.74. The molecule has 2 heteroatoms. The zero-order chi connectivity index (χ0) is 11.7. The average Bonchev–Trinajstić information content (AvgIpc) is 2.38. The van der Waals surface area contributed by atoms with Gasteiger partial charge in [-0.3, -0.25) is 4.98 Å². The summed E-state index contributed by atoms with van der Waals surface area (Å²) in [7, 11) is 0. The van der Waals surface area contributed by atoms with E-state index in [4.69, 9.17) is 5.73 Å². The highest BCUT2D eigenvalue weighted by Crippen LogP contribution is 2.41. The van der Waals surface area contributed by atoms with Gasteiger partial charge in [0.1, 0.15) is 0 Å². The third-order valence-corrected chi connectivity index (χ3v) is 4.56. The molecular weight excluding hydrogens is 208 g/mol. The highest BCUT2D eigenvalue weighted by Gasteiger charge is 2.31. The number of pyridine rings is 1. The van der Waals surface area contributed by atoms with E-state index in [9.17, 15) is 0 Å². The standard InChI is InChI=1S/C15H22N2/c16-13-7-1-5-12(10-13)14-8-2-4-11-6-3-9-17-15(11)14/h3,6,9,12-14H,1-2,4-5,7-8,10,16H2. The zero-order valence-electron chi connectivity index (χ0n) is 10.4. The Hall–Kier alpha value is -0.890. The number of hydrogen-bond acceptors (Lipinski definition) is 2. The Morgan fingerprint density at radius 2 is 2.12 bits per heavy atom. The highest BCUT2D eigenvalue weighted by atomic mass is 14.7. The second kappa shape index (κ2) is 4.77. The summed E-state index contributed by atoms with van der Waals surface area (Å²) in [6.07, 6.45) is 10.9. The van der Waals surface area contributed by atoms with E-state index in [1.807, 2.05) is 6.20 Å². The van der Waals surface area contributed by atoms with E-state index in [1.165, 1.54) is 56.2 Å². The van der Waals surface area contributed by atoms with Crippen molar-refractivity contribution in [2.45, 2.75) is 56.9 Å². The summed E-state index contributed by atoms with van der Waals surface area (Å²) in [4.78, 5) is 4.66. The summed E-state index contributed by atoms with van der Waals surface area (Å²) < 4.78 is 0. The smallest absolute Gasteiger partial charge is 0.0469 e. The van der Waals surface area contributed by atoms with Crippen molar-refractivity contribution in [1.82, 2.24) is 4.98 Å². The van der Waals surface area contributed by atoms with Crippen LogP contribution in [0.5, 0.6) is 0 Å². The van der Waals surface area contributed by atoms with Gasteiger partial charge in [-0.1, -0.05) is 12.5 Å². The SMILES string of the molecule is NC1CCCC(C2CCCc3cccnc32)C1. The lowest BCUT2D eigenvalue weighted by Crippen LogP contribution is -2.32. The van der Waals surface area contributed by atoms with E-state index < -0.39 is 0 Å². The minimum atomic E-state index is 0.433. The largest absolute Gasteiger partial charge is 0.328 e. The molecule has 0 bridgehead atoms. The predicted molar refractivity (Wildman–Crippen MR) is 69.8 cm³/mol. The first-order chi connectivity index (χ1) is 8.34. The molecule has 1 heterocycles. The van der Waals surface area contributed by atoms with Crippen molar-refractivity contribution in [3.8, 4) is 0 Å². The number of fused-ring (bicyclic) bond motifs is 1. The van der Waals surface area contributed by atoms with Gasteiger partial charge < -0.3 is 5.73 Å². The van der Waals surface area contributed by atoms with Crippen LogP contribution in [0.1, 0.15) is 55.7 Å². The Bertz CT molecular complexity index is 388. The molecule has 3 unspecified atom stereocenters. The van der Waals surface area contributed by atoms with Gasteiger partial charge in [0.25, 0.3) is 0 Å². The molecule has 2 aliphatic carbocycles. The van der Waals surface area contributed by atoms with Crippen molar-refractivity contribution in [2.24, 2.45) is 11.7 Å². The van der Waals surface area contributed by atoms with Crippen molar-refractivity contribution in [2.75, 3.05) is 0 Å². The van der Waals surface area contributed by atoms with Crippen LogP contribution in [-0.4, -0.2) is 11.0 Å². The molecule has 0 spiro atoms. The molecule has 92 valence electrons. The monoisotopic (exact) mass is 230 g/mol. The van der Waals surface area contributed by atoms with Gasteiger partial charge in [-0.2, -0.15) is 0 Å². The first-order valence-electron chi connectivity index (χ1n) is 7.04. The molecule has 3 rings (SSSR count). The Morgan fingerprint density at radius 1 is 1.18 bits per heavy atom. The first kappa shape index (κ1) is 11.2. The van der Waals surface area contributed by atoms with Crippen molar-refractivity contribution < 1.29 is 0 Å². The quantitative estimate of drug-likeness (QED) is 0.805. The number of nitrogens with two attached hydrogens (primary N) is 1. The minimum absolute atomic E-state index is 0.433. The van der Waals surface area contributed by atoms with Crippen LogP contribution in [0.4, 0.5) is 0 Å². The molecule has 3 atom stereocenters. The molecule has 0 radical (unpaired) electrons. The zero-order valence-corrected chi connectivity index (χ0v) is 10.4. The van der Waals surface area contributed by atoms with Gasteiger partial charge in [-0.25, -0.2) is 0 Å². The third kappa shape index (κ3) is 2.23. The molecule has 0 aromatic carbocycles. The summed E-state index contributed by atoms with van der Waals surface area (Å²) in [6, 6.07) is 4.77. The minimum Gasteiger partial charge on any atom is -0.328 e. The van der Waals surface area contributed by atoms with E-state index in [-0.39, 0.29) is 0 Å². The molecular formula is C15H22N2. The fourth-order valence-electron chi connectivity index (χ4n) is 3.74. The van der Waals surface area contributed by atoms with Gasteiger partial charge in [0.05, 0.1) is 0 Å². The first-order valence-corrected chi connectivity index (χ1v) is 7.04.